The standard InChI is InChI=1S/C15H14FIN2O2/c1-10-8-12(16)3-2-11(10)6-7-18-13-4-5-15(19(20)21)14(17)9-13/h2-5,8-9,18H,6-7H2,1H3. The summed E-state index contributed by atoms with van der Waals surface area (Å²) in [5.41, 5.74) is 2.95. The van der Waals surface area contributed by atoms with E-state index in [1.54, 1.807) is 18.2 Å². The molecule has 0 atom stereocenters. The maximum absolute atomic E-state index is 13.0. The van der Waals surface area contributed by atoms with Crippen LogP contribution in [0.2, 0.25) is 0 Å². The highest BCUT2D eigenvalue weighted by atomic mass is 127. The molecule has 2 aromatic carbocycles. The van der Waals surface area contributed by atoms with Gasteiger partial charge in [0.05, 0.1) is 8.49 Å². The number of rotatable bonds is 5. The lowest BCUT2D eigenvalue weighted by molar-refractivity contribution is -0.385. The van der Waals surface area contributed by atoms with Gasteiger partial charge in [-0.1, -0.05) is 6.07 Å². The Morgan fingerprint density at radius 1 is 1.29 bits per heavy atom. The summed E-state index contributed by atoms with van der Waals surface area (Å²) in [7, 11) is 0. The van der Waals surface area contributed by atoms with Crippen molar-refractivity contribution in [2.75, 3.05) is 11.9 Å². The van der Waals surface area contributed by atoms with Crippen LogP contribution in [0.5, 0.6) is 0 Å². The summed E-state index contributed by atoms with van der Waals surface area (Å²) in [5, 5.41) is 14.0. The van der Waals surface area contributed by atoms with E-state index in [-0.39, 0.29) is 11.5 Å². The molecule has 0 aliphatic carbocycles. The summed E-state index contributed by atoms with van der Waals surface area (Å²) < 4.78 is 13.6. The first-order valence-corrected chi connectivity index (χ1v) is 7.48. The van der Waals surface area contributed by atoms with Gasteiger partial charge in [-0.3, -0.25) is 10.1 Å². The molecule has 4 nitrogen and oxygen atoms in total. The number of nitrogens with one attached hydrogen (secondary N) is 1. The van der Waals surface area contributed by atoms with Crippen molar-refractivity contribution in [1.82, 2.24) is 0 Å². The van der Waals surface area contributed by atoms with Crippen LogP contribution in [0.15, 0.2) is 36.4 Å². The van der Waals surface area contributed by atoms with Crippen LogP contribution in [0.1, 0.15) is 11.1 Å². The van der Waals surface area contributed by atoms with E-state index in [2.05, 4.69) is 5.32 Å². The minimum absolute atomic E-state index is 0.107. The number of anilines is 1. The Kier molecular flexibility index (Phi) is 5.11. The summed E-state index contributed by atoms with van der Waals surface area (Å²) in [6.07, 6.45) is 0.764. The number of nitrogens with zero attached hydrogens (tertiary/aromatic N) is 1. The molecule has 6 heteroatoms. The van der Waals surface area contributed by atoms with Crippen molar-refractivity contribution in [3.05, 3.63) is 67.0 Å². The lowest BCUT2D eigenvalue weighted by Gasteiger charge is -2.09. The predicted molar refractivity (Wildman–Crippen MR) is 89.1 cm³/mol. The first kappa shape index (κ1) is 15.7. The quantitative estimate of drug-likeness (QED) is 0.463. The normalized spacial score (nSPS) is 10.4. The first-order chi connectivity index (χ1) is 9.97. The average molecular weight is 400 g/mol. The largest absolute Gasteiger partial charge is 0.385 e. The first-order valence-electron chi connectivity index (χ1n) is 6.40. The number of nitro benzene ring substituents is 1. The molecule has 110 valence electrons. The van der Waals surface area contributed by atoms with Gasteiger partial charge < -0.3 is 5.32 Å². The van der Waals surface area contributed by atoms with E-state index in [0.29, 0.717) is 10.1 Å². The van der Waals surface area contributed by atoms with Crippen molar-refractivity contribution in [2.45, 2.75) is 13.3 Å². The number of benzene rings is 2. The average Bonchev–Trinajstić information content (AvgIpc) is 2.41. The number of hydrogen-bond acceptors (Lipinski definition) is 3. The fourth-order valence-corrected chi connectivity index (χ4v) is 2.76. The van der Waals surface area contributed by atoms with Gasteiger partial charge in [-0.25, -0.2) is 4.39 Å². The Hall–Kier alpha value is -1.70. The molecule has 0 fully saturated rings. The predicted octanol–water partition coefficient (Wildman–Crippen LogP) is 4.30. The molecule has 0 amide bonds. The lowest BCUT2D eigenvalue weighted by Crippen LogP contribution is -2.06. The molecule has 0 saturated carbocycles. The molecule has 0 aliphatic rings. The molecule has 0 heterocycles. The van der Waals surface area contributed by atoms with Crippen molar-refractivity contribution < 1.29 is 9.31 Å². The van der Waals surface area contributed by atoms with Crippen molar-refractivity contribution in [3.8, 4) is 0 Å². The summed E-state index contributed by atoms with van der Waals surface area (Å²) in [6.45, 7) is 2.56. The van der Waals surface area contributed by atoms with Gasteiger partial charge in [-0.15, -0.1) is 0 Å². The van der Waals surface area contributed by atoms with E-state index in [1.807, 2.05) is 29.5 Å². The van der Waals surface area contributed by atoms with E-state index >= 15 is 0 Å². The van der Waals surface area contributed by atoms with Crippen molar-refractivity contribution in [1.29, 1.82) is 0 Å². The molecule has 0 spiro atoms. The molecule has 0 aliphatic heterocycles. The SMILES string of the molecule is Cc1cc(F)ccc1CCNc1ccc([N+](=O)[O-])c(I)c1. The van der Waals surface area contributed by atoms with Crippen LogP contribution in [0.4, 0.5) is 15.8 Å². The van der Waals surface area contributed by atoms with Crippen molar-refractivity contribution >= 4 is 34.0 Å². The van der Waals surface area contributed by atoms with Gasteiger partial charge in [0.1, 0.15) is 5.82 Å². The molecular weight excluding hydrogens is 386 g/mol. The van der Waals surface area contributed by atoms with Crippen LogP contribution in [0.3, 0.4) is 0 Å². The van der Waals surface area contributed by atoms with Gasteiger partial charge in [0.2, 0.25) is 0 Å². The highest BCUT2D eigenvalue weighted by Gasteiger charge is 2.11. The summed E-state index contributed by atoms with van der Waals surface area (Å²) in [4.78, 5) is 10.4. The molecule has 0 bridgehead atoms. The van der Waals surface area contributed by atoms with Crippen LogP contribution in [0, 0.1) is 26.4 Å². The van der Waals surface area contributed by atoms with Crippen molar-refractivity contribution in [2.24, 2.45) is 0 Å². The van der Waals surface area contributed by atoms with E-state index in [1.165, 1.54) is 18.2 Å². The highest BCUT2D eigenvalue weighted by Crippen LogP contribution is 2.24. The molecule has 1 N–H and O–H groups in total. The number of aryl methyl sites for hydroxylation is 1. The molecule has 21 heavy (non-hydrogen) atoms. The van der Waals surface area contributed by atoms with Crippen LogP contribution in [0.25, 0.3) is 0 Å². The van der Waals surface area contributed by atoms with Gasteiger partial charge in [-0.05, 0) is 71.3 Å². The fourth-order valence-electron chi connectivity index (χ4n) is 2.05. The Morgan fingerprint density at radius 3 is 2.67 bits per heavy atom. The third-order valence-electron chi connectivity index (χ3n) is 3.17. The van der Waals surface area contributed by atoms with E-state index < -0.39 is 4.92 Å². The number of hydrogen-bond donors (Lipinski definition) is 1. The second-order valence-corrected chi connectivity index (χ2v) is 5.83. The van der Waals surface area contributed by atoms with Crippen LogP contribution < -0.4 is 5.32 Å². The Balaban J connectivity index is 1.97. The van der Waals surface area contributed by atoms with Crippen molar-refractivity contribution in [3.63, 3.8) is 0 Å². The topological polar surface area (TPSA) is 55.2 Å². The molecule has 0 aromatic heterocycles. The fraction of sp³-hybridized carbons (Fsp3) is 0.200. The lowest BCUT2D eigenvalue weighted by atomic mass is 10.1. The van der Waals surface area contributed by atoms with E-state index in [0.717, 1.165) is 23.2 Å². The maximum atomic E-state index is 13.0. The van der Waals surface area contributed by atoms with Gasteiger partial charge >= 0.3 is 0 Å². The zero-order valence-electron chi connectivity index (χ0n) is 11.4. The zero-order chi connectivity index (χ0) is 15.4. The van der Waals surface area contributed by atoms with E-state index in [4.69, 9.17) is 0 Å². The van der Waals surface area contributed by atoms with Crippen LogP contribution in [-0.2, 0) is 6.42 Å². The molecular formula is C15H14FIN2O2. The maximum Gasteiger partial charge on any atom is 0.282 e. The zero-order valence-corrected chi connectivity index (χ0v) is 13.6. The second kappa shape index (κ2) is 6.84. The van der Waals surface area contributed by atoms with Gasteiger partial charge in [0, 0.05) is 18.3 Å². The highest BCUT2D eigenvalue weighted by molar-refractivity contribution is 14.1. The number of nitro groups is 1. The summed E-state index contributed by atoms with van der Waals surface area (Å²) in [5.74, 6) is -0.228. The third-order valence-corrected chi connectivity index (χ3v) is 4.04. The Bertz CT molecular complexity index is 677. The minimum Gasteiger partial charge on any atom is -0.385 e. The smallest absolute Gasteiger partial charge is 0.282 e. The molecule has 2 aromatic rings. The van der Waals surface area contributed by atoms with Gasteiger partial charge in [0.25, 0.3) is 5.69 Å². The summed E-state index contributed by atoms with van der Waals surface area (Å²) in [6, 6.07) is 9.69. The van der Waals surface area contributed by atoms with E-state index in [9.17, 15) is 14.5 Å². The van der Waals surface area contributed by atoms with Crippen LogP contribution in [-0.4, -0.2) is 11.5 Å². The minimum atomic E-state index is -0.395. The molecule has 0 saturated heterocycles. The molecule has 0 unspecified atom stereocenters. The summed E-state index contributed by atoms with van der Waals surface area (Å²) >= 11 is 1.95. The van der Waals surface area contributed by atoms with Gasteiger partial charge in [-0.2, -0.15) is 0 Å². The Labute approximate surface area is 135 Å². The monoisotopic (exact) mass is 400 g/mol. The second-order valence-electron chi connectivity index (χ2n) is 4.67. The Morgan fingerprint density at radius 2 is 2.05 bits per heavy atom. The molecule has 2 rings (SSSR count). The third kappa shape index (κ3) is 4.13. The van der Waals surface area contributed by atoms with Gasteiger partial charge in [0.15, 0.2) is 0 Å². The molecule has 0 radical (unpaired) electrons. The van der Waals surface area contributed by atoms with Crippen LogP contribution >= 0.6 is 22.6 Å². The number of halogens is 2.